The number of hydrogen-bond donors (Lipinski definition) is 0. The second-order valence-electron chi connectivity index (χ2n) is 3.80. The minimum absolute atomic E-state index is 0.278. The van der Waals surface area contributed by atoms with Gasteiger partial charge in [-0.1, -0.05) is 12.1 Å². The fourth-order valence-electron chi connectivity index (χ4n) is 1.51. The normalized spacial score (nSPS) is 13.0. The molecule has 5 nitrogen and oxygen atoms in total. The van der Waals surface area contributed by atoms with Crippen molar-refractivity contribution in [1.82, 2.24) is 0 Å². The summed E-state index contributed by atoms with van der Waals surface area (Å²) in [6, 6.07) is 8.07. The molecule has 0 N–H and O–H groups in total. The Labute approximate surface area is 105 Å². The molecule has 0 radical (unpaired) electrons. The number of benzene rings is 1. The van der Waals surface area contributed by atoms with Crippen LogP contribution in [-0.2, 0) is 19.7 Å². The summed E-state index contributed by atoms with van der Waals surface area (Å²) >= 11 is 0. The Bertz CT molecular complexity index is 518. The van der Waals surface area contributed by atoms with Crippen LogP contribution >= 0.6 is 0 Å². The van der Waals surface area contributed by atoms with Crippen LogP contribution in [0.3, 0.4) is 0 Å². The van der Waals surface area contributed by atoms with Crippen LogP contribution in [0.2, 0.25) is 0 Å². The molecule has 1 rings (SSSR count). The first-order valence-corrected chi connectivity index (χ1v) is 5.18. The number of rotatable bonds is 3. The van der Waals surface area contributed by atoms with Crippen molar-refractivity contribution in [3.8, 4) is 6.07 Å². The van der Waals surface area contributed by atoms with Crippen LogP contribution < -0.4 is 0 Å². The van der Waals surface area contributed by atoms with Gasteiger partial charge >= 0.3 is 11.9 Å². The van der Waals surface area contributed by atoms with Crippen LogP contribution in [0.1, 0.15) is 22.8 Å². The maximum atomic E-state index is 11.7. The van der Waals surface area contributed by atoms with Gasteiger partial charge in [-0.3, -0.25) is 0 Å². The molecule has 5 heteroatoms. The van der Waals surface area contributed by atoms with E-state index < -0.39 is 17.4 Å². The number of esters is 2. The average Bonchev–Trinajstić information content (AvgIpc) is 2.44. The maximum Gasteiger partial charge on any atom is 0.337 e. The van der Waals surface area contributed by atoms with Gasteiger partial charge in [0.25, 0.3) is 0 Å². The number of methoxy groups -OCH3 is 2. The first-order valence-electron chi connectivity index (χ1n) is 5.18. The van der Waals surface area contributed by atoms with Crippen LogP contribution in [0.15, 0.2) is 24.3 Å². The Morgan fingerprint density at radius 3 is 2.44 bits per heavy atom. The summed E-state index contributed by atoms with van der Waals surface area (Å²) in [6.07, 6.45) is 0. The van der Waals surface area contributed by atoms with E-state index in [4.69, 9.17) is 5.26 Å². The van der Waals surface area contributed by atoms with Crippen LogP contribution in [0.25, 0.3) is 0 Å². The highest BCUT2D eigenvalue weighted by Crippen LogP contribution is 2.25. The molecule has 94 valence electrons. The first-order chi connectivity index (χ1) is 8.49. The summed E-state index contributed by atoms with van der Waals surface area (Å²) < 4.78 is 9.20. The van der Waals surface area contributed by atoms with Gasteiger partial charge in [-0.25, -0.2) is 9.59 Å². The molecular formula is C13H13NO4. The van der Waals surface area contributed by atoms with E-state index >= 15 is 0 Å². The van der Waals surface area contributed by atoms with Gasteiger partial charge in [0.05, 0.1) is 25.9 Å². The Morgan fingerprint density at radius 1 is 1.28 bits per heavy atom. The fraction of sp³-hybridized carbons (Fsp3) is 0.308. The molecule has 1 aromatic rings. The summed E-state index contributed by atoms with van der Waals surface area (Å²) in [5, 5.41) is 9.16. The van der Waals surface area contributed by atoms with Gasteiger partial charge in [-0.15, -0.1) is 0 Å². The first kappa shape index (κ1) is 13.7. The molecular weight excluding hydrogens is 234 g/mol. The van der Waals surface area contributed by atoms with Crippen molar-refractivity contribution >= 4 is 11.9 Å². The van der Waals surface area contributed by atoms with Crippen molar-refractivity contribution in [2.75, 3.05) is 14.2 Å². The van der Waals surface area contributed by atoms with Gasteiger partial charge in [-0.2, -0.15) is 5.26 Å². The van der Waals surface area contributed by atoms with E-state index in [2.05, 4.69) is 9.47 Å². The molecule has 0 saturated heterocycles. The largest absolute Gasteiger partial charge is 0.468 e. The lowest BCUT2D eigenvalue weighted by atomic mass is 9.83. The van der Waals surface area contributed by atoms with E-state index in [1.54, 1.807) is 18.2 Å². The second-order valence-corrected chi connectivity index (χ2v) is 3.80. The fourth-order valence-corrected chi connectivity index (χ4v) is 1.51. The highest BCUT2D eigenvalue weighted by molar-refractivity contribution is 5.91. The Kier molecular flexibility index (Phi) is 4.05. The molecule has 0 saturated carbocycles. The van der Waals surface area contributed by atoms with Crippen LogP contribution in [0.4, 0.5) is 0 Å². The smallest absolute Gasteiger partial charge is 0.337 e. The molecule has 0 heterocycles. The van der Waals surface area contributed by atoms with Crippen LogP contribution in [-0.4, -0.2) is 26.2 Å². The molecule has 18 heavy (non-hydrogen) atoms. The van der Waals surface area contributed by atoms with E-state index in [9.17, 15) is 9.59 Å². The monoisotopic (exact) mass is 247 g/mol. The predicted octanol–water partition coefficient (Wildman–Crippen LogP) is 1.43. The molecule has 0 fully saturated rings. The number of ether oxygens (including phenoxy) is 2. The predicted molar refractivity (Wildman–Crippen MR) is 62.8 cm³/mol. The highest BCUT2D eigenvalue weighted by Gasteiger charge is 2.37. The van der Waals surface area contributed by atoms with E-state index in [0.717, 1.165) is 0 Å². The molecule has 0 aliphatic carbocycles. The van der Waals surface area contributed by atoms with Crippen molar-refractivity contribution in [1.29, 1.82) is 5.26 Å². The summed E-state index contributed by atoms with van der Waals surface area (Å²) in [4.78, 5) is 23.1. The molecule has 0 aliphatic heterocycles. The van der Waals surface area contributed by atoms with Crippen molar-refractivity contribution in [2.24, 2.45) is 0 Å². The van der Waals surface area contributed by atoms with Gasteiger partial charge in [0.1, 0.15) is 0 Å². The van der Waals surface area contributed by atoms with E-state index in [1.807, 2.05) is 6.07 Å². The Balaban J connectivity index is 3.28. The quantitative estimate of drug-likeness (QED) is 0.755. The Morgan fingerprint density at radius 2 is 1.94 bits per heavy atom. The lowest BCUT2D eigenvalue weighted by Crippen LogP contribution is -2.32. The molecule has 0 aromatic heterocycles. The molecule has 0 aliphatic rings. The van der Waals surface area contributed by atoms with Crippen molar-refractivity contribution < 1.29 is 19.1 Å². The molecule has 0 spiro atoms. The molecule has 0 amide bonds. The van der Waals surface area contributed by atoms with Gasteiger partial charge in [-0.05, 0) is 24.6 Å². The number of nitriles is 1. The minimum atomic E-state index is -1.45. The molecule has 1 aromatic carbocycles. The number of carbonyl (C=O) groups is 2. The van der Waals surface area contributed by atoms with Gasteiger partial charge in [0, 0.05) is 0 Å². The topological polar surface area (TPSA) is 76.4 Å². The van der Waals surface area contributed by atoms with Gasteiger partial charge in [0.15, 0.2) is 5.41 Å². The van der Waals surface area contributed by atoms with E-state index in [-0.39, 0.29) is 5.56 Å². The zero-order chi connectivity index (χ0) is 13.8. The molecule has 0 bridgehead atoms. The van der Waals surface area contributed by atoms with Crippen LogP contribution in [0, 0.1) is 11.3 Å². The van der Waals surface area contributed by atoms with Gasteiger partial charge in [0.2, 0.25) is 0 Å². The van der Waals surface area contributed by atoms with Crippen molar-refractivity contribution in [3.05, 3.63) is 35.4 Å². The third kappa shape index (κ3) is 2.33. The zero-order valence-corrected chi connectivity index (χ0v) is 10.4. The summed E-state index contributed by atoms with van der Waals surface area (Å²) in [5.74, 6) is -1.20. The number of carbonyl (C=O) groups excluding carboxylic acids is 2. The molecule has 1 unspecified atom stereocenters. The average molecular weight is 247 g/mol. The lowest BCUT2D eigenvalue weighted by Gasteiger charge is -2.19. The Hall–Kier alpha value is -2.35. The van der Waals surface area contributed by atoms with E-state index in [1.165, 1.54) is 27.2 Å². The minimum Gasteiger partial charge on any atom is -0.468 e. The SMILES string of the molecule is COC(=O)c1cccc(C(C)(C#N)C(=O)OC)c1. The molecule has 1 atom stereocenters. The number of hydrogen-bond acceptors (Lipinski definition) is 5. The van der Waals surface area contributed by atoms with Crippen molar-refractivity contribution in [3.63, 3.8) is 0 Å². The summed E-state index contributed by atoms with van der Waals surface area (Å²) in [5.41, 5.74) is -0.779. The van der Waals surface area contributed by atoms with Crippen molar-refractivity contribution in [2.45, 2.75) is 12.3 Å². The maximum absolute atomic E-state index is 11.7. The zero-order valence-electron chi connectivity index (χ0n) is 10.4. The standard InChI is InChI=1S/C13H13NO4/c1-13(8-14,12(16)18-3)10-6-4-5-9(7-10)11(15)17-2/h4-7H,1-3H3. The lowest BCUT2D eigenvalue weighted by molar-refractivity contribution is -0.144. The second kappa shape index (κ2) is 5.32. The summed E-state index contributed by atoms with van der Waals surface area (Å²) in [6.45, 7) is 1.44. The summed E-state index contributed by atoms with van der Waals surface area (Å²) in [7, 11) is 2.47. The van der Waals surface area contributed by atoms with Crippen LogP contribution in [0.5, 0.6) is 0 Å². The van der Waals surface area contributed by atoms with Gasteiger partial charge < -0.3 is 9.47 Å². The third-order valence-corrected chi connectivity index (χ3v) is 2.68. The van der Waals surface area contributed by atoms with E-state index in [0.29, 0.717) is 5.56 Å². The third-order valence-electron chi connectivity index (χ3n) is 2.68. The number of nitrogens with zero attached hydrogens (tertiary/aromatic N) is 1. The highest BCUT2D eigenvalue weighted by atomic mass is 16.5.